The molecule has 6 heteroatoms. The van der Waals surface area contributed by atoms with Gasteiger partial charge in [0.25, 0.3) is 5.91 Å². The van der Waals surface area contributed by atoms with Gasteiger partial charge in [0.1, 0.15) is 5.69 Å². The maximum Gasteiger partial charge on any atom is 0.274 e. The van der Waals surface area contributed by atoms with E-state index >= 15 is 0 Å². The Morgan fingerprint density at radius 1 is 1.12 bits per heavy atom. The maximum absolute atomic E-state index is 13.2. The van der Waals surface area contributed by atoms with E-state index < -0.39 is 5.41 Å². The lowest BCUT2D eigenvalue weighted by molar-refractivity contribution is -0.130. The highest BCUT2D eigenvalue weighted by molar-refractivity contribution is 5.93. The third-order valence-electron chi connectivity index (χ3n) is 6.65. The van der Waals surface area contributed by atoms with E-state index in [9.17, 15) is 9.59 Å². The minimum atomic E-state index is -0.795. The number of nitrogens with zero attached hydrogens (tertiary/aromatic N) is 2. The summed E-state index contributed by atoms with van der Waals surface area (Å²) in [6.45, 7) is 7.07. The molecule has 172 valence electrons. The van der Waals surface area contributed by atoms with Gasteiger partial charge >= 0.3 is 0 Å². The quantitative estimate of drug-likeness (QED) is 0.588. The summed E-state index contributed by atoms with van der Waals surface area (Å²) in [5.41, 5.74) is 11.0. The minimum Gasteiger partial charge on any atom is -0.369 e. The Morgan fingerprint density at radius 3 is 2.52 bits per heavy atom. The first-order valence-corrected chi connectivity index (χ1v) is 11.6. The van der Waals surface area contributed by atoms with Crippen molar-refractivity contribution in [3.05, 3.63) is 77.1 Å². The summed E-state index contributed by atoms with van der Waals surface area (Å²) >= 11 is 0. The predicted molar refractivity (Wildman–Crippen MR) is 130 cm³/mol. The van der Waals surface area contributed by atoms with Gasteiger partial charge in [-0.2, -0.15) is 5.10 Å². The third kappa shape index (κ3) is 4.85. The normalized spacial score (nSPS) is 18.5. The van der Waals surface area contributed by atoms with Crippen LogP contribution in [0, 0.1) is 12.3 Å². The van der Waals surface area contributed by atoms with Crippen molar-refractivity contribution >= 4 is 11.8 Å². The van der Waals surface area contributed by atoms with E-state index in [1.807, 2.05) is 32.0 Å². The number of hydrogen-bond donors (Lipinski definition) is 2. The molecule has 1 saturated heterocycles. The molecule has 2 aromatic carbocycles. The number of rotatable bonds is 6. The molecule has 2 amide bonds. The lowest BCUT2D eigenvalue weighted by Gasteiger charge is -2.40. The van der Waals surface area contributed by atoms with E-state index in [1.54, 1.807) is 11.0 Å². The van der Waals surface area contributed by atoms with Gasteiger partial charge in [0.2, 0.25) is 5.91 Å². The Bertz CT molecular complexity index is 1170. The molecular formula is C27H32N4O2. The van der Waals surface area contributed by atoms with Gasteiger partial charge in [0, 0.05) is 18.8 Å². The van der Waals surface area contributed by atoms with Gasteiger partial charge < -0.3 is 10.6 Å². The van der Waals surface area contributed by atoms with E-state index in [4.69, 9.17) is 5.73 Å². The Morgan fingerprint density at radius 2 is 1.85 bits per heavy atom. The summed E-state index contributed by atoms with van der Waals surface area (Å²) in [6.07, 6.45) is 1.90. The van der Waals surface area contributed by atoms with Gasteiger partial charge in [-0.05, 0) is 54.9 Å². The number of benzene rings is 2. The van der Waals surface area contributed by atoms with Crippen LogP contribution in [0.2, 0.25) is 0 Å². The number of amides is 2. The van der Waals surface area contributed by atoms with Crippen LogP contribution in [0.5, 0.6) is 0 Å². The molecule has 1 aliphatic heterocycles. The number of piperidine rings is 1. The van der Waals surface area contributed by atoms with Crippen LogP contribution in [0.3, 0.4) is 0 Å². The monoisotopic (exact) mass is 444 g/mol. The molecule has 6 nitrogen and oxygen atoms in total. The van der Waals surface area contributed by atoms with Crippen molar-refractivity contribution in [3.63, 3.8) is 0 Å². The molecule has 0 unspecified atom stereocenters. The van der Waals surface area contributed by atoms with Gasteiger partial charge in [0.05, 0.1) is 5.41 Å². The zero-order chi connectivity index (χ0) is 23.6. The summed E-state index contributed by atoms with van der Waals surface area (Å²) in [7, 11) is 0. The third-order valence-corrected chi connectivity index (χ3v) is 6.65. The molecule has 2 heterocycles. The summed E-state index contributed by atoms with van der Waals surface area (Å²) in [4.78, 5) is 27.6. The van der Waals surface area contributed by atoms with Gasteiger partial charge in [-0.3, -0.25) is 14.7 Å². The van der Waals surface area contributed by atoms with E-state index in [0.717, 1.165) is 28.8 Å². The zero-order valence-electron chi connectivity index (χ0n) is 19.6. The lowest BCUT2D eigenvalue weighted by Crippen LogP contribution is -2.53. The molecule has 1 atom stereocenters. The van der Waals surface area contributed by atoms with Crippen LogP contribution in [0.4, 0.5) is 0 Å². The standard InChI is InChI=1S/C27H32N4O2/c1-18(2)23-15-24(30-29-23)25(32)31-12-6-11-27(17-31,26(28)33)16-20-8-5-10-22(14-20)21-9-4-7-19(3)13-21/h4-5,7-10,13-15,18H,6,11-12,16-17H2,1-3H3,(H2,28,33)(H,29,30)/t27-/m1/s1. The molecule has 0 radical (unpaired) electrons. The largest absolute Gasteiger partial charge is 0.369 e. The van der Waals surface area contributed by atoms with Crippen LogP contribution >= 0.6 is 0 Å². The van der Waals surface area contributed by atoms with E-state index in [-0.39, 0.29) is 17.7 Å². The Balaban J connectivity index is 1.57. The fourth-order valence-corrected chi connectivity index (χ4v) is 4.72. The van der Waals surface area contributed by atoms with Crippen molar-refractivity contribution in [2.45, 2.75) is 46.0 Å². The molecule has 1 aliphatic rings. The Hall–Kier alpha value is -3.41. The molecule has 0 saturated carbocycles. The van der Waals surface area contributed by atoms with Crippen molar-refractivity contribution in [2.24, 2.45) is 11.1 Å². The fourth-order valence-electron chi connectivity index (χ4n) is 4.72. The van der Waals surface area contributed by atoms with E-state index in [0.29, 0.717) is 31.6 Å². The van der Waals surface area contributed by atoms with Crippen LogP contribution in [0.1, 0.15) is 59.9 Å². The first kappa shape index (κ1) is 22.8. The number of nitrogens with two attached hydrogens (primary N) is 1. The number of aryl methyl sites for hydroxylation is 1. The molecule has 3 aromatic rings. The van der Waals surface area contributed by atoms with Gasteiger partial charge in [0.15, 0.2) is 0 Å². The Labute approximate surface area is 195 Å². The Kier molecular flexibility index (Phi) is 6.36. The number of carbonyl (C=O) groups is 2. The average molecular weight is 445 g/mol. The summed E-state index contributed by atoms with van der Waals surface area (Å²) < 4.78 is 0. The number of hydrogen-bond acceptors (Lipinski definition) is 3. The first-order valence-electron chi connectivity index (χ1n) is 11.6. The first-order chi connectivity index (χ1) is 15.8. The number of likely N-dealkylation sites (tertiary alicyclic amines) is 1. The predicted octanol–water partition coefficient (Wildman–Crippen LogP) is 4.46. The number of aromatic nitrogens is 2. The second-order valence-corrected chi connectivity index (χ2v) is 9.58. The lowest BCUT2D eigenvalue weighted by atomic mass is 9.74. The van der Waals surface area contributed by atoms with Crippen LogP contribution in [0.25, 0.3) is 11.1 Å². The minimum absolute atomic E-state index is 0.156. The van der Waals surface area contributed by atoms with Crippen LogP contribution < -0.4 is 5.73 Å². The molecule has 3 N–H and O–H groups in total. The van der Waals surface area contributed by atoms with Crippen molar-refractivity contribution in [3.8, 4) is 11.1 Å². The zero-order valence-corrected chi connectivity index (χ0v) is 19.6. The van der Waals surface area contributed by atoms with Gasteiger partial charge in [-0.1, -0.05) is 67.9 Å². The topological polar surface area (TPSA) is 92.1 Å². The van der Waals surface area contributed by atoms with Gasteiger partial charge in [-0.25, -0.2) is 0 Å². The van der Waals surface area contributed by atoms with E-state index in [1.165, 1.54) is 5.56 Å². The SMILES string of the molecule is Cc1cccc(-c2cccc(C[C@]3(C(N)=O)CCCN(C(=O)c4cc(C(C)C)[nH]n4)C3)c2)c1. The summed E-state index contributed by atoms with van der Waals surface area (Å²) in [5.74, 6) is -0.256. The fraction of sp³-hybridized carbons (Fsp3) is 0.370. The average Bonchev–Trinajstić information content (AvgIpc) is 3.29. The number of aromatic amines is 1. The number of nitrogens with one attached hydrogen (secondary N) is 1. The second kappa shape index (κ2) is 9.22. The number of primary amides is 1. The molecule has 0 bridgehead atoms. The second-order valence-electron chi connectivity index (χ2n) is 9.58. The highest BCUT2D eigenvalue weighted by atomic mass is 16.2. The van der Waals surface area contributed by atoms with Crippen LogP contribution in [-0.4, -0.2) is 40.0 Å². The van der Waals surface area contributed by atoms with Crippen molar-refractivity contribution < 1.29 is 9.59 Å². The molecule has 0 aliphatic carbocycles. The molecule has 33 heavy (non-hydrogen) atoms. The van der Waals surface area contributed by atoms with Crippen LogP contribution in [-0.2, 0) is 11.2 Å². The van der Waals surface area contributed by atoms with E-state index in [2.05, 4.69) is 47.5 Å². The number of H-pyrrole nitrogens is 1. The van der Waals surface area contributed by atoms with Crippen molar-refractivity contribution in [1.29, 1.82) is 0 Å². The molecule has 1 aromatic heterocycles. The van der Waals surface area contributed by atoms with Crippen molar-refractivity contribution in [1.82, 2.24) is 15.1 Å². The maximum atomic E-state index is 13.2. The van der Waals surface area contributed by atoms with Gasteiger partial charge in [-0.15, -0.1) is 0 Å². The molecule has 0 spiro atoms. The highest BCUT2D eigenvalue weighted by Gasteiger charge is 2.42. The number of carbonyl (C=O) groups excluding carboxylic acids is 2. The smallest absolute Gasteiger partial charge is 0.274 e. The molecule has 4 rings (SSSR count). The van der Waals surface area contributed by atoms with Crippen LogP contribution in [0.15, 0.2) is 54.6 Å². The highest BCUT2D eigenvalue weighted by Crippen LogP contribution is 2.35. The van der Waals surface area contributed by atoms with Crippen molar-refractivity contribution in [2.75, 3.05) is 13.1 Å². The summed E-state index contributed by atoms with van der Waals surface area (Å²) in [5, 5.41) is 7.15. The molecule has 1 fully saturated rings. The summed E-state index contributed by atoms with van der Waals surface area (Å²) in [6, 6.07) is 18.4. The molecular weight excluding hydrogens is 412 g/mol.